The number of halogens is 5. The number of aromatic nitrogens is 1. The third-order valence-corrected chi connectivity index (χ3v) is 4.60. The van der Waals surface area contributed by atoms with E-state index in [-0.39, 0.29) is 10.6 Å². The molecule has 0 spiro atoms. The normalized spacial score (nSPS) is 12.4. The molecule has 29 heavy (non-hydrogen) atoms. The van der Waals surface area contributed by atoms with Crippen molar-refractivity contribution in [2.24, 2.45) is 0 Å². The van der Waals surface area contributed by atoms with E-state index in [0.717, 1.165) is 23.3 Å². The predicted molar refractivity (Wildman–Crippen MR) is 102 cm³/mol. The smallest absolute Gasteiger partial charge is 0.349 e. The number of nitrogens with zero attached hydrogens (tertiary/aromatic N) is 1. The van der Waals surface area contributed by atoms with E-state index >= 15 is 0 Å². The van der Waals surface area contributed by atoms with Gasteiger partial charge in [-0.1, -0.05) is 35.9 Å². The molecule has 0 aliphatic rings. The van der Waals surface area contributed by atoms with Crippen LogP contribution in [-0.4, -0.2) is 17.4 Å². The molecule has 1 aromatic heterocycles. The van der Waals surface area contributed by atoms with Crippen LogP contribution in [0.15, 0.2) is 67.0 Å². The van der Waals surface area contributed by atoms with Crippen molar-refractivity contribution in [3.8, 4) is 11.1 Å². The minimum atomic E-state index is -4.69. The molecule has 0 aliphatic carbocycles. The lowest BCUT2D eigenvalue weighted by Crippen LogP contribution is -2.29. The first-order valence-electron chi connectivity index (χ1n) is 8.55. The van der Waals surface area contributed by atoms with Crippen LogP contribution in [0.25, 0.3) is 11.1 Å². The van der Waals surface area contributed by atoms with Gasteiger partial charge in [-0.2, -0.15) is 13.2 Å². The second-order valence-corrected chi connectivity index (χ2v) is 6.60. The van der Waals surface area contributed by atoms with Gasteiger partial charge in [-0.3, -0.25) is 9.78 Å². The number of pyridine rings is 1. The zero-order valence-electron chi connectivity index (χ0n) is 14.9. The van der Waals surface area contributed by atoms with Crippen molar-refractivity contribution in [3.05, 3.63) is 88.7 Å². The lowest BCUT2D eigenvalue weighted by atomic mass is 10.0. The van der Waals surface area contributed by atoms with Gasteiger partial charge in [-0.25, -0.2) is 4.39 Å². The minimum Gasteiger partial charge on any atom is -0.349 e. The first kappa shape index (κ1) is 20.8. The topological polar surface area (TPSA) is 42.0 Å². The number of carbonyl (C=O) groups excluding carboxylic acids is 1. The summed E-state index contributed by atoms with van der Waals surface area (Å²) in [7, 11) is 0. The van der Waals surface area contributed by atoms with Crippen LogP contribution in [0.1, 0.15) is 27.7 Å². The number of hydrogen-bond donors (Lipinski definition) is 1. The van der Waals surface area contributed by atoms with Crippen LogP contribution >= 0.6 is 11.6 Å². The van der Waals surface area contributed by atoms with E-state index in [4.69, 9.17) is 11.6 Å². The van der Waals surface area contributed by atoms with E-state index < -0.39 is 35.9 Å². The summed E-state index contributed by atoms with van der Waals surface area (Å²) in [6.45, 7) is -0.515. The second kappa shape index (κ2) is 8.61. The zero-order valence-corrected chi connectivity index (χ0v) is 15.6. The van der Waals surface area contributed by atoms with E-state index in [2.05, 4.69) is 10.3 Å². The summed E-state index contributed by atoms with van der Waals surface area (Å²) < 4.78 is 53.7. The molecule has 0 bridgehead atoms. The fourth-order valence-corrected chi connectivity index (χ4v) is 3.12. The lowest BCUT2D eigenvalue weighted by molar-refractivity contribution is -0.137. The van der Waals surface area contributed by atoms with Gasteiger partial charge < -0.3 is 5.32 Å². The third kappa shape index (κ3) is 4.92. The number of nitrogens with one attached hydrogen (secondary N) is 1. The molecular weight excluding hydrogens is 408 g/mol. The van der Waals surface area contributed by atoms with Crippen LogP contribution in [0, 0.1) is 0 Å². The Kier molecular flexibility index (Phi) is 6.17. The summed E-state index contributed by atoms with van der Waals surface area (Å²) in [5, 5.41) is 2.35. The van der Waals surface area contributed by atoms with Gasteiger partial charge >= 0.3 is 6.18 Å². The largest absolute Gasteiger partial charge is 0.417 e. The van der Waals surface area contributed by atoms with Crippen molar-refractivity contribution in [2.45, 2.75) is 12.3 Å². The summed E-state index contributed by atoms with van der Waals surface area (Å²) in [5.41, 5.74) is 0.102. The van der Waals surface area contributed by atoms with Crippen molar-refractivity contribution in [3.63, 3.8) is 0 Å². The maximum Gasteiger partial charge on any atom is 0.417 e. The highest BCUT2D eigenvalue weighted by atomic mass is 35.5. The van der Waals surface area contributed by atoms with Gasteiger partial charge in [0.05, 0.1) is 17.7 Å². The van der Waals surface area contributed by atoms with E-state index in [1.165, 1.54) is 18.2 Å². The van der Waals surface area contributed by atoms with Crippen LogP contribution in [-0.2, 0) is 6.18 Å². The van der Waals surface area contributed by atoms with Gasteiger partial charge in [-0.05, 0) is 41.5 Å². The second-order valence-electron chi connectivity index (χ2n) is 6.19. The van der Waals surface area contributed by atoms with Crippen molar-refractivity contribution in [1.82, 2.24) is 10.3 Å². The molecule has 150 valence electrons. The fourth-order valence-electron chi connectivity index (χ4n) is 2.82. The highest BCUT2D eigenvalue weighted by Crippen LogP contribution is 2.32. The molecule has 1 amide bonds. The van der Waals surface area contributed by atoms with Gasteiger partial charge in [0.2, 0.25) is 0 Å². The molecule has 1 unspecified atom stereocenters. The Hall–Kier alpha value is -2.93. The molecule has 0 saturated heterocycles. The molecule has 1 N–H and O–H groups in total. The van der Waals surface area contributed by atoms with Gasteiger partial charge in [0.15, 0.2) is 0 Å². The minimum absolute atomic E-state index is 0.133. The first-order valence-corrected chi connectivity index (χ1v) is 8.93. The fraction of sp³-hybridized carbons (Fsp3) is 0.143. The van der Waals surface area contributed by atoms with Gasteiger partial charge in [0.25, 0.3) is 5.91 Å². The number of rotatable bonds is 5. The zero-order chi connectivity index (χ0) is 21.0. The van der Waals surface area contributed by atoms with E-state index in [9.17, 15) is 22.4 Å². The average molecular weight is 423 g/mol. The van der Waals surface area contributed by atoms with Crippen LogP contribution in [0.2, 0.25) is 5.02 Å². The molecule has 3 nitrogen and oxygen atoms in total. The predicted octanol–water partition coefficient (Wildman–Crippen LogP) is 5.86. The number of hydrogen-bond acceptors (Lipinski definition) is 2. The molecule has 8 heteroatoms. The number of amides is 1. The first-order chi connectivity index (χ1) is 13.8. The van der Waals surface area contributed by atoms with Crippen molar-refractivity contribution < 1.29 is 22.4 Å². The standard InChI is InChI=1S/C21H15ClF4N2O/c22-18-11-14(13-7-9-27-10-8-13)5-6-16(18)19(23)12-28-20(29)15-3-1-2-4-17(15)21(24,25)26/h1-11,19H,12H2,(H,28,29). The number of benzene rings is 2. The van der Waals surface area contributed by atoms with Gasteiger partial charge in [-0.15, -0.1) is 0 Å². The Balaban J connectivity index is 1.72. The molecule has 2 aromatic carbocycles. The Bertz CT molecular complexity index is 1010. The van der Waals surface area contributed by atoms with E-state index in [0.29, 0.717) is 0 Å². The molecule has 0 fully saturated rings. The Morgan fingerprint density at radius 1 is 1.03 bits per heavy atom. The summed E-state index contributed by atoms with van der Waals surface area (Å²) in [6, 6.07) is 12.6. The summed E-state index contributed by atoms with van der Waals surface area (Å²) in [6.07, 6.45) is -3.14. The molecule has 1 atom stereocenters. The van der Waals surface area contributed by atoms with Gasteiger partial charge in [0, 0.05) is 23.0 Å². The summed E-state index contributed by atoms with van der Waals surface area (Å²) in [4.78, 5) is 16.1. The molecule has 3 rings (SSSR count). The van der Waals surface area contributed by atoms with Crippen LogP contribution < -0.4 is 5.32 Å². The van der Waals surface area contributed by atoms with Crippen molar-refractivity contribution in [2.75, 3.05) is 6.54 Å². The highest BCUT2D eigenvalue weighted by molar-refractivity contribution is 6.31. The number of carbonyl (C=O) groups is 1. The van der Waals surface area contributed by atoms with E-state index in [1.54, 1.807) is 36.7 Å². The molecule has 0 aliphatic heterocycles. The summed E-state index contributed by atoms with van der Waals surface area (Å²) >= 11 is 6.17. The molecule has 3 aromatic rings. The molecule has 0 radical (unpaired) electrons. The third-order valence-electron chi connectivity index (χ3n) is 4.27. The molecular formula is C21H15ClF4N2O. The van der Waals surface area contributed by atoms with Crippen molar-refractivity contribution in [1.29, 1.82) is 0 Å². The molecule has 0 saturated carbocycles. The van der Waals surface area contributed by atoms with E-state index in [1.807, 2.05) is 0 Å². The summed E-state index contributed by atoms with van der Waals surface area (Å²) in [5.74, 6) is -1.01. The van der Waals surface area contributed by atoms with Crippen LogP contribution in [0.3, 0.4) is 0 Å². The SMILES string of the molecule is O=C(NCC(F)c1ccc(-c2ccncc2)cc1Cl)c1ccccc1C(F)(F)F. The highest BCUT2D eigenvalue weighted by Gasteiger charge is 2.34. The quantitative estimate of drug-likeness (QED) is 0.523. The Morgan fingerprint density at radius 3 is 2.38 bits per heavy atom. The maximum atomic E-state index is 14.6. The molecule has 1 heterocycles. The Morgan fingerprint density at radius 2 is 1.72 bits per heavy atom. The van der Waals surface area contributed by atoms with Crippen molar-refractivity contribution >= 4 is 17.5 Å². The maximum absolute atomic E-state index is 14.6. The van der Waals surface area contributed by atoms with Crippen LogP contribution in [0.4, 0.5) is 17.6 Å². The monoisotopic (exact) mass is 422 g/mol. The Labute approximate surface area is 169 Å². The van der Waals surface area contributed by atoms with Crippen LogP contribution in [0.5, 0.6) is 0 Å². The lowest BCUT2D eigenvalue weighted by Gasteiger charge is -2.15. The van der Waals surface area contributed by atoms with Gasteiger partial charge in [0.1, 0.15) is 6.17 Å². The number of alkyl halides is 4. The average Bonchev–Trinajstić information content (AvgIpc) is 2.71.